The molecule has 2 nitrogen and oxygen atoms in total. The second-order valence-corrected chi connectivity index (χ2v) is 3.74. The van der Waals surface area contributed by atoms with E-state index in [2.05, 4.69) is 11.2 Å². The Morgan fingerprint density at radius 1 is 1.12 bits per heavy atom. The SMILES string of the molecule is CC.Cc1cc(-c2ccc(Cl)cc2)nn1C. The Labute approximate surface area is 102 Å². The van der Waals surface area contributed by atoms with Crippen molar-refractivity contribution < 1.29 is 0 Å². The van der Waals surface area contributed by atoms with Crippen LogP contribution in [0, 0.1) is 6.92 Å². The number of rotatable bonds is 1. The molecular formula is C13H17ClN2. The lowest BCUT2D eigenvalue weighted by atomic mass is 10.1. The molecule has 0 unspecified atom stereocenters. The van der Waals surface area contributed by atoms with Crippen molar-refractivity contribution in [3.05, 3.63) is 41.0 Å². The molecule has 86 valence electrons. The maximum Gasteiger partial charge on any atom is 0.0925 e. The Morgan fingerprint density at radius 2 is 1.69 bits per heavy atom. The minimum Gasteiger partial charge on any atom is -0.272 e. The summed E-state index contributed by atoms with van der Waals surface area (Å²) in [5, 5.41) is 5.14. The van der Waals surface area contributed by atoms with Gasteiger partial charge in [0.15, 0.2) is 0 Å². The quantitative estimate of drug-likeness (QED) is 0.730. The average Bonchev–Trinajstić information content (AvgIpc) is 2.63. The summed E-state index contributed by atoms with van der Waals surface area (Å²) < 4.78 is 1.87. The maximum atomic E-state index is 5.81. The molecule has 0 spiro atoms. The van der Waals surface area contributed by atoms with E-state index in [0.29, 0.717) is 0 Å². The second-order valence-electron chi connectivity index (χ2n) is 3.30. The van der Waals surface area contributed by atoms with Gasteiger partial charge in [0.2, 0.25) is 0 Å². The first kappa shape index (κ1) is 12.8. The average molecular weight is 237 g/mol. The zero-order valence-corrected chi connectivity index (χ0v) is 10.9. The summed E-state index contributed by atoms with van der Waals surface area (Å²) in [6.07, 6.45) is 0. The number of aryl methyl sites for hydroxylation is 2. The Bertz CT molecular complexity index is 424. The molecule has 0 atom stereocenters. The standard InChI is InChI=1S/C11H11ClN2.C2H6/c1-8-7-11(13-14(8)2)9-3-5-10(12)6-4-9;1-2/h3-7H,1-2H3;1-2H3. The minimum absolute atomic E-state index is 0.751. The van der Waals surface area contributed by atoms with Crippen molar-refractivity contribution in [2.24, 2.45) is 7.05 Å². The highest BCUT2D eigenvalue weighted by Gasteiger charge is 2.03. The zero-order chi connectivity index (χ0) is 12.1. The van der Waals surface area contributed by atoms with Crippen LogP contribution in [0.2, 0.25) is 5.02 Å². The monoisotopic (exact) mass is 236 g/mol. The third kappa shape index (κ3) is 2.86. The number of hydrogen-bond acceptors (Lipinski definition) is 1. The minimum atomic E-state index is 0.751. The van der Waals surface area contributed by atoms with E-state index in [1.807, 2.05) is 56.8 Å². The first-order valence-electron chi connectivity index (χ1n) is 5.43. The molecule has 0 bridgehead atoms. The van der Waals surface area contributed by atoms with Crippen LogP contribution in [0.5, 0.6) is 0 Å². The van der Waals surface area contributed by atoms with Gasteiger partial charge in [0.1, 0.15) is 0 Å². The Morgan fingerprint density at radius 3 is 2.12 bits per heavy atom. The van der Waals surface area contributed by atoms with Gasteiger partial charge in [0.25, 0.3) is 0 Å². The van der Waals surface area contributed by atoms with Crippen molar-refractivity contribution in [3.63, 3.8) is 0 Å². The van der Waals surface area contributed by atoms with Gasteiger partial charge in [-0.1, -0.05) is 37.6 Å². The summed E-state index contributed by atoms with van der Waals surface area (Å²) in [6.45, 7) is 6.03. The van der Waals surface area contributed by atoms with Crippen LogP contribution in [0.3, 0.4) is 0 Å². The summed E-state index contributed by atoms with van der Waals surface area (Å²) >= 11 is 5.81. The fourth-order valence-electron chi connectivity index (χ4n) is 1.32. The van der Waals surface area contributed by atoms with E-state index in [9.17, 15) is 0 Å². The van der Waals surface area contributed by atoms with Crippen LogP contribution in [-0.4, -0.2) is 9.78 Å². The maximum absolute atomic E-state index is 5.81. The first-order chi connectivity index (χ1) is 7.66. The summed E-state index contributed by atoms with van der Waals surface area (Å²) in [7, 11) is 1.94. The van der Waals surface area contributed by atoms with Crippen LogP contribution in [0.25, 0.3) is 11.3 Å². The molecule has 1 aromatic carbocycles. The molecular weight excluding hydrogens is 220 g/mol. The number of halogens is 1. The molecule has 16 heavy (non-hydrogen) atoms. The van der Waals surface area contributed by atoms with Gasteiger partial charge in [-0.05, 0) is 25.1 Å². The van der Waals surface area contributed by atoms with E-state index in [1.165, 1.54) is 0 Å². The number of benzene rings is 1. The van der Waals surface area contributed by atoms with E-state index in [0.717, 1.165) is 22.0 Å². The highest BCUT2D eigenvalue weighted by Crippen LogP contribution is 2.20. The van der Waals surface area contributed by atoms with E-state index >= 15 is 0 Å². The number of hydrogen-bond donors (Lipinski definition) is 0. The van der Waals surface area contributed by atoms with Gasteiger partial charge in [-0.2, -0.15) is 5.10 Å². The molecule has 0 saturated heterocycles. The number of nitrogens with zero attached hydrogens (tertiary/aromatic N) is 2. The summed E-state index contributed by atoms with van der Waals surface area (Å²) in [6, 6.07) is 9.76. The molecule has 2 rings (SSSR count). The molecule has 0 N–H and O–H groups in total. The molecule has 0 fully saturated rings. The molecule has 0 amide bonds. The smallest absolute Gasteiger partial charge is 0.0925 e. The van der Waals surface area contributed by atoms with Crippen LogP contribution >= 0.6 is 11.6 Å². The van der Waals surface area contributed by atoms with Gasteiger partial charge in [0.05, 0.1) is 5.69 Å². The fraction of sp³-hybridized carbons (Fsp3) is 0.308. The topological polar surface area (TPSA) is 17.8 Å². The van der Waals surface area contributed by atoms with Crippen LogP contribution in [0.1, 0.15) is 19.5 Å². The summed E-state index contributed by atoms with van der Waals surface area (Å²) in [4.78, 5) is 0. The summed E-state index contributed by atoms with van der Waals surface area (Å²) in [5.74, 6) is 0. The molecule has 0 radical (unpaired) electrons. The van der Waals surface area contributed by atoms with Crippen molar-refractivity contribution in [2.45, 2.75) is 20.8 Å². The van der Waals surface area contributed by atoms with Crippen molar-refractivity contribution >= 4 is 11.6 Å². The van der Waals surface area contributed by atoms with Gasteiger partial charge in [-0.3, -0.25) is 4.68 Å². The zero-order valence-electron chi connectivity index (χ0n) is 10.2. The number of aromatic nitrogens is 2. The lowest BCUT2D eigenvalue weighted by molar-refractivity contribution is 0.743. The third-order valence-corrected chi connectivity index (χ3v) is 2.51. The van der Waals surface area contributed by atoms with Gasteiger partial charge in [0, 0.05) is 23.3 Å². The normalized spacial score (nSPS) is 9.56. The molecule has 2 aromatic rings. The van der Waals surface area contributed by atoms with E-state index in [1.54, 1.807) is 0 Å². The molecule has 1 heterocycles. The van der Waals surface area contributed by atoms with Gasteiger partial charge in [-0.25, -0.2) is 0 Å². The first-order valence-corrected chi connectivity index (χ1v) is 5.81. The lowest BCUT2D eigenvalue weighted by Gasteiger charge is -1.95. The molecule has 0 aliphatic heterocycles. The van der Waals surface area contributed by atoms with Crippen molar-refractivity contribution in [2.75, 3.05) is 0 Å². The largest absolute Gasteiger partial charge is 0.272 e. The van der Waals surface area contributed by atoms with E-state index in [4.69, 9.17) is 11.6 Å². The summed E-state index contributed by atoms with van der Waals surface area (Å²) in [5.41, 5.74) is 3.23. The highest BCUT2D eigenvalue weighted by molar-refractivity contribution is 6.30. The van der Waals surface area contributed by atoms with Crippen molar-refractivity contribution in [1.82, 2.24) is 9.78 Å². The van der Waals surface area contributed by atoms with E-state index < -0.39 is 0 Å². The van der Waals surface area contributed by atoms with Crippen molar-refractivity contribution in [1.29, 1.82) is 0 Å². The lowest BCUT2D eigenvalue weighted by Crippen LogP contribution is -1.92. The Balaban J connectivity index is 0.000000606. The Kier molecular flexibility index (Phi) is 4.56. The van der Waals surface area contributed by atoms with Gasteiger partial charge >= 0.3 is 0 Å². The van der Waals surface area contributed by atoms with Crippen LogP contribution in [-0.2, 0) is 7.05 Å². The van der Waals surface area contributed by atoms with Crippen LogP contribution < -0.4 is 0 Å². The second kappa shape index (κ2) is 5.71. The van der Waals surface area contributed by atoms with Crippen molar-refractivity contribution in [3.8, 4) is 11.3 Å². The van der Waals surface area contributed by atoms with E-state index in [-0.39, 0.29) is 0 Å². The predicted molar refractivity (Wildman–Crippen MR) is 69.7 cm³/mol. The van der Waals surface area contributed by atoms with Crippen LogP contribution in [0.15, 0.2) is 30.3 Å². The van der Waals surface area contributed by atoms with Gasteiger partial charge in [-0.15, -0.1) is 0 Å². The molecule has 0 saturated carbocycles. The molecule has 0 aliphatic carbocycles. The molecule has 3 heteroatoms. The highest BCUT2D eigenvalue weighted by atomic mass is 35.5. The third-order valence-electron chi connectivity index (χ3n) is 2.25. The Hall–Kier alpha value is -1.28. The van der Waals surface area contributed by atoms with Gasteiger partial charge < -0.3 is 0 Å². The molecule has 0 aliphatic rings. The predicted octanol–water partition coefficient (Wildman–Crippen LogP) is 4.08. The molecule has 1 aromatic heterocycles. The van der Waals surface area contributed by atoms with Crippen LogP contribution in [0.4, 0.5) is 0 Å². The fourth-order valence-corrected chi connectivity index (χ4v) is 1.45.